The molecule has 1 aliphatic heterocycles. The smallest absolute Gasteiger partial charge is 0.394 e. The van der Waals surface area contributed by atoms with E-state index in [2.05, 4.69) is 5.32 Å². The van der Waals surface area contributed by atoms with Gasteiger partial charge in [0.05, 0.1) is 16.8 Å². The zero-order chi connectivity index (χ0) is 19.5. The number of amides is 2. The van der Waals surface area contributed by atoms with Gasteiger partial charge >= 0.3 is 18.2 Å². The molecular formula is C15H16F3N3O5. The molecule has 2 N–H and O–H groups in total. The standard InChI is InChI=1S/C15H16F3N3O5/c16-15(17,18)12-8-20(7-11(12)13(22)23)14(24)19-5-4-9-2-1-3-10(6-9)21(25)26/h1-3,6,11-12H,4-5,7-8H2,(H,19,24)(H,22,23)/t11-,12-/m1/s1. The number of carboxylic acids is 1. The summed E-state index contributed by atoms with van der Waals surface area (Å²) in [6.07, 6.45) is -4.46. The molecule has 11 heteroatoms. The number of aliphatic carboxylic acids is 1. The molecule has 0 aromatic heterocycles. The van der Waals surface area contributed by atoms with Gasteiger partial charge in [0.25, 0.3) is 5.69 Å². The Labute approximate surface area is 145 Å². The van der Waals surface area contributed by atoms with Gasteiger partial charge in [0.2, 0.25) is 0 Å². The lowest BCUT2D eigenvalue weighted by atomic mass is 9.96. The van der Waals surface area contributed by atoms with E-state index in [4.69, 9.17) is 5.11 Å². The highest BCUT2D eigenvalue weighted by molar-refractivity contribution is 5.77. The molecule has 2 rings (SSSR count). The number of nitrogens with one attached hydrogen (secondary N) is 1. The van der Waals surface area contributed by atoms with Crippen LogP contribution >= 0.6 is 0 Å². The summed E-state index contributed by atoms with van der Waals surface area (Å²) in [4.78, 5) is 34.0. The minimum atomic E-state index is -4.71. The Bertz CT molecular complexity index is 710. The first-order valence-corrected chi connectivity index (χ1v) is 7.65. The summed E-state index contributed by atoms with van der Waals surface area (Å²) in [5.74, 6) is -5.40. The van der Waals surface area contributed by atoms with Crippen molar-refractivity contribution in [1.29, 1.82) is 0 Å². The number of benzene rings is 1. The fraction of sp³-hybridized carbons (Fsp3) is 0.467. The number of carbonyl (C=O) groups excluding carboxylic acids is 1. The molecule has 1 saturated heterocycles. The maximum absolute atomic E-state index is 12.9. The van der Waals surface area contributed by atoms with Gasteiger partial charge in [0.15, 0.2) is 0 Å². The highest BCUT2D eigenvalue weighted by Gasteiger charge is 2.53. The van der Waals surface area contributed by atoms with Crippen LogP contribution in [0.25, 0.3) is 0 Å². The number of nitro benzene ring substituents is 1. The van der Waals surface area contributed by atoms with Gasteiger partial charge in [-0.2, -0.15) is 13.2 Å². The van der Waals surface area contributed by atoms with Crippen LogP contribution in [0.5, 0.6) is 0 Å². The molecular weight excluding hydrogens is 359 g/mol. The van der Waals surface area contributed by atoms with E-state index in [-0.39, 0.29) is 18.7 Å². The summed E-state index contributed by atoms with van der Waals surface area (Å²) in [6, 6.07) is 4.96. The molecule has 142 valence electrons. The number of carboxylic acid groups (broad SMARTS) is 1. The third-order valence-corrected chi connectivity index (χ3v) is 4.16. The number of rotatable bonds is 5. The van der Waals surface area contributed by atoms with E-state index >= 15 is 0 Å². The Morgan fingerprint density at radius 3 is 2.58 bits per heavy atom. The molecule has 0 bridgehead atoms. The summed E-state index contributed by atoms with van der Waals surface area (Å²) in [5, 5.41) is 22.0. The first-order chi connectivity index (χ1) is 12.1. The maximum Gasteiger partial charge on any atom is 0.394 e. The van der Waals surface area contributed by atoms with Crippen molar-refractivity contribution in [3.63, 3.8) is 0 Å². The Hall–Kier alpha value is -2.85. The van der Waals surface area contributed by atoms with Crippen molar-refractivity contribution in [2.24, 2.45) is 11.8 Å². The van der Waals surface area contributed by atoms with Crippen LogP contribution in [0.3, 0.4) is 0 Å². The number of carbonyl (C=O) groups is 2. The molecule has 2 atom stereocenters. The lowest BCUT2D eigenvalue weighted by molar-refractivity contribution is -0.384. The van der Waals surface area contributed by atoms with Crippen LogP contribution in [0.4, 0.5) is 23.7 Å². The number of hydrogen-bond acceptors (Lipinski definition) is 4. The van der Waals surface area contributed by atoms with E-state index in [0.29, 0.717) is 5.56 Å². The largest absolute Gasteiger partial charge is 0.481 e. The summed E-state index contributed by atoms with van der Waals surface area (Å²) in [7, 11) is 0. The zero-order valence-corrected chi connectivity index (χ0v) is 13.4. The Morgan fingerprint density at radius 1 is 1.35 bits per heavy atom. The lowest BCUT2D eigenvalue weighted by Crippen LogP contribution is -2.40. The van der Waals surface area contributed by atoms with Gasteiger partial charge in [-0.15, -0.1) is 0 Å². The lowest BCUT2D eigenvalue weighted by Gasteiger charge is -2.18. The fourth-order valence-electron chi connectivity index (χ4n) is 2.80. The predicted octanol–water partition coefficient (Wildman–Crippen LogP) is 2.04. The van der Waals surface area contributed by atoms with Gasteiger partial charge in [-0.25, -0.2) is 4.79 Å². The van der Waals surface area contributed by atoms with E-state index in [0.717, 1.165) is 4.90 Å². The first kappa shape index (κ1) is 19.5. The molecule has 2 amide bonds. The van der Waals surface area contributed by atoms with Crippen molar-refractivity contribution in [3.05, 3.63) is 39.9 Å². The van der Waals surface area contributed by atoms with Crippen molar-refractivity contribution < 1.29 is 32.8 Å². The first-order valence-electron chi connectivity index (χ1n) is 7.65. The van der Waals surface area contributed by atoms with Gasteiger partial charge in [0.1, 0.15) is 0 Å². The van der Waals surface area contributed by atoms with Gasteiger partial charge in [-0.05, 0) is 12.0 Å². The normalized spacial score (nSPS) is 20.0. The van der Waals surface area contributed by atoms with E-state index in [9.17, 15) is 32.9 Å². The predicted molar refractivity (Wildman–Crippen MR) is 82.4 cm³/mol. The van der Waals surface area contributed by atoms with E-state index in [1.807, 2.05) is 0 Å². The summed E-state index contributed by atoms with van der Waals surface area (Å²) in [5.41, 5.74) is 0.475. The summed E-state index contributed by atoms with van der Waals surface area (Å²) in [6.45, 7) is -1.20. The molecule has 26 heavy (non-hydrogen) atoms. The number of likely N-dealkylation sites (tertiary alicyclic amines) is 1. The van der Waals surface area contributed by atoms with Gasteiger partial charge in [-0.1, -0.05) is 12.1 Å². The molecule has 1 fully saturated rings. The van der Waals surface area contributed by atoms with Gasteiger partial charge in [0, 0.05) is 31.8 Å². The second-order valence-electron chi connectivity index (χ2n) is 5.91. The number of nitrogens with zero attached hydrogens (tertiary/aromatic N) is 2. The van der Waals surface area contributed by atoms with Crippen LogP contribution in [0, 0.1) is 22.0 Å². The molecule has 0 spiro atoms. The van der Waals surface area contributed by atoms with Crippen molar-refractivity contribution in [3.8, 4) is 0 Å². The number of alkyl halides is 3. The quantitative estimate of drug-likeness (QED) is 0.604. The average molecular weight is 375 g/mol. The average Bonchev–Trinajstić information content (AvgIpc) is 3.01. The zero-order valence-electron chi connectivity index (χ0n) is 13.4. The number of nitro groups is 1. The molecule has 0 aliphatic carbocycles. The summed E-state index contributed by atoms with van der Waals surface area (Å²) >= 11 is 0. The highest BCUT2D eigenvalue weighted by Crippen LogP contribution is 2.37. The molecule has 8 nitrogen and oxygen atoms in total. The topological polar surface area (TPSA) is 113 Å². The Balaban J connectivity index is 1.91. The van der Waals surface area contributed by atoms with Crippen molar-refractivity contribution in [2.45, 2.75) is 12.6 Å². The minimum absolute atomic E-state index is 0.0466. The molecule has 0 saturated carbocycles. The van der Waals surface area contributed by atoms with Crippen molar-refractivity contribution >= 4 is 17.7 Å². The maximum atomic E-state index is 12.9. The third kappa shape index (κ3) is 4.61. The van der Waals surface area contributed by atoms with Crippen molar-refractivity contribution in [2.75, 3.05) is 19.6 Å². The van der Waals surface area contributed by atoms with Crippen molar-refractivity contribution in [1.82, 2.24) is 10.2 Å². The molecule has 0 unspecified atom stereocenters. The van der Waals surface area contributed by atoms with E-state index in [1.54, 1.807) is 6.07 Å². The van der Waals surface area contributed by atoms with Crippen LogP contribution in [-0.2, 0) is 11.2 Å². The molecule has 1 aliphatic rings. The van der Waals surface area contributed by atoms with E-state index < -0.39 is 48.0 Å². The van der Waals surface area contributed by atoms with Crippen LogP contribution in [0.2, 0.25) is 0 Å². The fourth-order valence-corrected chi connectivity index (χ4v) is 2.80. The highest BCUT2D eigenvalue weighted by atomic mass is 19.4. The number of urea groups is 1. The summed E-state index contributed by atoms with van der Waals surface area (Å²) < 4.78 is 38.7. The van der Waals surface area contributed by atoms with E-state index in [1.165, 1.54) is 18.2 Å². The third-order valence-electron chi connectivity index (χ3n) is 4.16. The van der Waals surface area contributed by atoms with Crippen LogP contribution in [0.1, 0.15) is 5.56 Å². The second-order valence-corrected chi connectivity index (χ2v) is 5.91. The number of hydrogen-bond donors (Lipinski definition) is 2. The Kier molecular flexibility index (Phi) is 5.68. The monoisotopic (exact) mass is 375 g/mol. The molecule has 1 aromatic rings. The second kappa shape index (κ2) is 7.58. The van der Waals surface area contributed by atoms with Gasteiger partial charge in [-0.3, -0.25) is 14.9 Å². The molecule has 1 heterocycles. The Morgan fingerprint density at radius 2 is 2.04 bits per heavy atom. The van der Waals surface area contributed by atoms with Crippen LogP contribution in [0.15, 0.2) is 24.3 Å². The SMILES string of the molecule is O=C(O)[C@@H]1CN(C(=O)NCCc2cccc([N+](=O)[O-])c2)C[C@H]1C(F)(F)F. The molecule has 0 radical (unpaired) electrons. The van der Waals surface area contributed by atoms with Gasteiger partial charge < -0.3 is 15.3 Å². The molecule has 1 aromatic carbocycles. The number of halogens is 3. The number of non-ortho nitro benzene ring substituents is 1. The van der Waals surface area contributed by atoms with Crippen LogP contribution < -0.4 is 5.32 Å². The minimum Gasteiger partial charge on any atom is -0.481 e. The van der Waals surface area contributed by atoms with Crippen LogP contribution in [-0.4, -0.2) is 52.7 Å².